The second kappa shape index (κ2) is 7.65. The van der Waals surface area contributed by atoms with Crippen molar-refractivity contribution in [1.29, 1.82) is 5.41 Å². The summed E-state index contributed by atoms with van der Waals surface area (Å²) in [6.45, 7) is 1.97. The predicted octanol–water partition coefficient (Wildman–Crippen LogP) is 2.02. The highest BCUT2D eigenvalue weighted by Gasteiger charge is 2.65. The Labute approximate surface area is 195 Å². The number of fused-ring (bicyclic) bond motifs is 4. The van der Waals surface area contributed by atoms with Crippen LogP contribution < -0.4 is 15.2 Å². The number of esters is 1. The average Bonchev–Trinajstić information content (AvgIpc) is 3.04. The van der Waals surface area contributed by atoms with Crippen LogP contribution >= 0.6 is 0 Å². The molecule has 5 rings (SSSR count). The Bertz CT molecular complexity index is 1410. The van der Waals surface area contributed by atoms with Crippen LogP contribution in [0.3, 0.4) is 0 Å². The van der Waals surface area contributed by atoms with Gasteiger partial charge in [-0.2, -0.15) is 0 Å². The van der Waals surface area contributed by atoms with Crippen molar-refractivity contribution in [3.8, 4) is 5.75 Å². The van der Waals surface area contributed by atoms with Gasteiger partial charge in [0.2, 0.25) is 11.8 Å². The number of carbonyl (C=O) groups is 2. The minimum absolute atomic E-state index is 0.0233. The number of rotatable bonds is 3. The minimum Gasteiger partial charge on any atom is -0.468 e. The second-order valence-corrected chi connectivity index (χ2v) is 8.39. The molecule has 0 bridgehead atoms. The zero-order valence-electron chi connectivity index (χ0n) is 18.9. The molecule has 3 aromatic rings. The van der Waals surface area contributed by atoms with Gasteiger partial charge in [0, 0.05) is 36.9 Å². The molecule has 1 aromatic carbocycles. The molecule has 1 N–H and O–H groups in total. The number of nitrogens with one attached hydrogen (secondary N) is 1. The molecule has 0 radical (unpaired) electrons. The maximum atomic E-state index is 14.1. The first-order chi connectivity index (χ1) is 16.3. The van der Waals surface area contributed by atoms with Crippen molar-refractivity contribution in [2.45, 2.75) is 18.9 Å². The van der Waals surface area contributed by atoms with Crippen molar-refractivity contribution in [2.75, 3.05) is 19.1 Å². The van der Waals surface area contributed by atoms with Crippen LogP contribution in [-0.2, 0) is 26.3 Å². The molecule has 2 unspecified atom stereocenters. The molecule has 0 aliphatic carbocycles. The van der Waals surface area contributed by atoms with E-state index in [4.69, 9.17) is 14.9 Å². The Hall–Kier alpha value is -4.27. The Morgan fingerprint density at radius 2 is 2.00 bits per heavy atom. The highest BCUT2D eigenvalue weighted by atomic mass is 16.5. The summed E-state index contributed by atoms with van der Waals surface area (Å²) >= 11 is 0. The van der Waals surface area contributed by atoms with E-state index < -0.39 is 34.7 Å². The lowest BCUT2D eigenvalue weighted by atomic mass is 9.64. The summed E-state index contributed by atoms with van der Waals surface area (Å²) in [5, 5.41) is 8.56. The van der Waals surface area contributed by atoms with Gasteiger partial charge in [0.25, 0.3) is 5.56 Å². The van der Waals surface area contributed by atoms with Crippen molar-refractivity contribution in [1.82, 2.24) is 9.55 Å². The summed E-state index contributed by atoms with van der Waals surface area (Å²) in [4.78, 5) is 46.7. The monoisotopic (exact) mass is 458 g/mol. The van der Waals surface area contributed by atoms with Gasteiger partial charge >= 0.3 is 5.97 Å². The van der Waals surface area contributed by atoms with Gasteiger partial charge in [-0.3, -0.25) is 24.8 Å². The van der Waals surface area contributed by atoms with E-state index >= 15 is 0 Å². The lowest BCUT2D eigenvalue weighted by molar-refractivity contribution is -0.147. The van der Waals surface area contributed by atoms with E-state index in [0.717, 1.165) is 5.56 Å². The first kappa shape index (κ1) is 21.6. The van der Waals surface area contributed by atoms with Gasteiger partial charge in [0.15, 0.2) is 5.92 Å². The van der Waals surface area contributed by atoms with E-state index in [1.54, 1.807) is 62.8 Å². The SMILES string of the molecule is COC(=O)C1C(=N)Oc2cc(C)n(Cc3cccnc3)c(=O)c2C12C(=O)N(C)c1ccccc12. The number of benzene rings is 1. The molecule has 2 aromatic heterocycles. The fourth-order valence-corrected chi connectivity index (χ4v) is 5.08. The third kappa shape index (κ3) is 2.76. The smallest absolute Gasteiger partial charge is 0.319 e. The average molecular weight is 458 g/mol. The first-order valence-corrected chi connectivity index (χ1v) is 10.7. The van der Waals surface area contributed by atoms with Gasteiger partial charge < -0.3 is 18.9 Å². The molecule has 1 spiro atoms. The number of anilines is 1. The van der Waals surface area contributed by atoms with Crippen LogP contribution in [0.4, 0.5) is 5.69 Å². The van der Waals surface area contributed by atoms with Crippen LogP contribution in [0.15, 0.2) is 59.7 Å². The second-order valence-electron chi connectivity index (χ2n) is 8.39. The summed E-state index contributed by atoms with van der Waals surface area (Å²) in [5.41, 5.74) is 0.158. The fourth-order valence-electron chi connectivity index (χ4n) is 5.08. The third-order valence-electron chi connectivity index (χ3n) is 6.61. The molecule has 2 atom stereocenters. The van der Waals surface area contributed by atoms with E-state index in [1.807, 2.05) is 6.07 Å². The van der Waals surface area contributed by atoms with Crippen LogP contribution in [0, 0.1) is 18.3 Å². The van der Waals surface area contributed by atoms with Crippen molar-refractivity contribution < 1.29 is 19.1 Å². The van der Waals surface area contributed by atoms with Gasteiger partial charge in [-0.1, -0.05) is 24.3 Å². The van der Waals surface area contributed by atoms with E-state index in [-0.39, 0.29) is 17.9 Å². The molecule has 34 heavy (non-hydrogen) atoms. The van der Waals surface area contributed by atoms with E-state index in [1.165, 1.54) is 16.6 Å². The van der Waals surface area contributed by atoms with Crippen LogP contribution in [0.1, 0.15) is 22.4 Å². The predicted molar refractivity (Wildman–Crippen MR) is 123 cm³/mol. The molecular formula is C25H22N4O5. The zero-order valence-corrected chi connectivity index (χ0v) is 18.9. The molecule has 0 fully saturated rings. The number of para-hydroxylation sites is 1. The molecule has 2 aliphatic heterocycles. The Kier molecular flexibility index (Phi) is 4.85. The molecule has 9 nitrogen and oxygen atoms in total. The van der Waals surface area contributed by atoms with E-state index in [0.29, 0.717) is 16.9 Å². The van der Waals surface area contributed by atoms with Gasteiger partial charge in [0.1, 0.15) is 11.2 Å². The summed E-state index contributed by atoms with van der Waals surface area (Å²) in [7, 11) is 2.77. The highest BCUT2D eigenvalue weighted by Crippen LogP contribution is 2.54. The fraction of sp³-hybridized carbons (Fsp3) is 0.240. The first-order valence-electron chi connectivity index (χ1n) is 10.7. The van der Waals surface area contributed by atoms with Crippen LogP contribution in [0.25, 0.3) is 0 Å². The number of pyridine rings is 2. The number of aryl methyl sites for hydroxylation is 1. The molecule has 0 saturated carbocycles. The number of methoxy groups -OCH3 is 1. The highest BCUT2D eigenvalue weighted by molar-refractivity contribution is 6.18. The molecule has 0 saturated heterocycles. The summed E-state index contributed by atoms with van der Waals surface area (Å²) in [5.74, 6) is -3.12. The lowest BCUT2D eigenvalue weighted by Crippen LogP contribution is -2.58. The van der Waals surface area contributed by atoms with Crippen LogP contribution in [-0.4, -0.2) is 41.5 Å². The molecule has 9 heteroatoms. The summed E-state index contributed by atoms with van der Waals surface area (Å²) in [6.07, 6.45) is 3.31. The Balaban J connectivity index is 1.87. The largest absolute Gasteiger partial charge is 0.468 e. The van der Waals surface area contributed by atoms with Gasteiger partial charge in [-0.05, 0) is 30.2 Å². The number of amides is 1. The van der Waals surface area contributed by atoms with Crippen molar-refractivity contribution in [3.63, 3.8) is 0 Å². The van der Waals surface area contributed by atoms with E-state index in [9.17, 15) is 14.4 Å². The van der Waals surface area contributed by atoms with Crippen molar-refractivity contribution in [2.24, 2.45) is 5.92 Å². The molecule has 172 valence electrons. The molecule has 1 amide bonds. The molecule has 2 aliphatic rings. The Morgan fingerprint density at radius 3 is 2.71 bits per heavy atom. The Morgan fingerprint density at radius 1 is 1.24 bits per heavy atom. The number of ether oxygens (including phenoxy) is 2. The number of nitrogens with zero attached hydrogens (tertiary/aromatic N) is 3. The van der Waals surface area contributed by atoms with E-state index in [2.05, 4.69) is 4.98 Å². The van der Waals surface area contributed by atoms with Crippen LogP contribution in [0.5, 0.6) is 5.75 Å². The number of likely N-dealkylation sites (N-methyl/N-ethyl adjacent to an activating group) is 1. The quantitative estimate of drug-likeness (QED) is 0.601. The zero-order chi connectivity index (χ0) is 24.2. The third-order valence-corrected chi connectivity index (χ3v) is 6.61. The summed E-state index contributed by atoms with van der Waals surface area (Å²) < 4.78 is 12.2. The van der Waals surface area contributed by atoms with Crippen molar-refractivity contribution >= 4 is 23.5 Å². The maximum Gasteiger partial charge on any atom is 0.319 e. The lowest BCUT2D eigenvalue weighted by Gasteiger charge is -2.39. The number of carbonyl (C=O) groups excluding carboxylic acids is 2. The minimum atomic E-state index is -1.79. The normalized spacial score (nSPS) is 20.7. The van der Waals surface area contributed by atoms with Crippen molar-refractivity contribution in [3.05, 3.63) is 87.6 Å². The van der Waals surface area contributed by atoms with Gasteiger partial charge in [-0.15, -0.1) is 0 Å². The molecular weight excluding hydrogens is 436 g/mol. The topological polar surface area (TPSA) is 115 Å². The standard InChI is InChI=1S/C25H22N4O5/c1-14-11-18-19(22(30)29(14)13-15-7-6-10-27-12-15)25(20(21(26)34-18)23(31)33-3)16-8-4-5-9-17(16)28(2)24(25)32/h4-12,20,26H,13H2,1-3H3. The molecule has 4 heterocycles. The van der Waals surface area contributed by atoms with Gasteiger partial charge in [0.05, 0.1) is 19.2 Å². The van der Waals surface area contributed by atoms with Gasteiger partial charge in [-0.25, -0.2) is 0 Å². The number of hydrogen-bond donors (Lipinski definition) is 1. The summed E-state index contributed by atoms with van der Waals surface area (Å²) in [6, 6.07) is 12.2. The maximum absolute atomic E-state index is 14.1. The van der Waals surface area contributed by atoms with Crippen LogP contribution in [0.2, 0.25) is 0 Å². The number of aromatic nitrogens is 2. The number of hydrogen-bond acceptors (Lipinski definition) is 7.